The zero-order valence-electron chi connectivity index (χ0n) is 13.5. The van der Waals surface area contributed by atoms with E-state index >= 15 is 0 Å². The number of aryl methyl sites for hydroxylation is 3. The van der Waals surface area contributed by atoms with Gasteiger partial charge < -0.3 is 4.90 Å². The van der Waals surface area contributed by atoms with E-state index in [1.54, 1.807) is 11.3 Å². The van der Waals surface area contributed by atoms with Crippen molar-refractivity contribution in [3.05, 3.63) is 33.7 Å². The fourth-order valence-corrected chi connectivity index (χ4v) is 3.48. The van der Waals surface area contributed by atoms with E-state index in [-0.39, 0.29) is 0 Å². The first-order valence-corrected chi connectivity index (χ1v) is 8.68. The third-order valence-electron chi connectivity index (χ3n) is 3.99. The summed E-state index contributed by atoms with van der Waals surface area (Å²) in [5, 5.41) is 3.32. The van der Waals surface area contributed by atoms with E-state index in [0.717, 1.165) is 61.4 Å². The Balaban J connectivity index is 1.65. The summed E-state index contributed by atoms with van der Waals surface area (Å²) < 4.78 is 0. The van der Waals surface area contributed by atoms with E-state index in [0.29, 0.717) is 0 Å². The van der Waals surface area contributed by atoms with Crippen LogP contribution in [0.3, 0.4) is 0 Å². The van der Waals surface area contributed by atoms with E-state index in [1.165, 1.54) is 5.69 Å². The number of aromatic nitrogens is 3. The highest BCUT2D eigenvalue weighted by atomic mass is 32.1. The van der Waals surface area contributed by atoms with Crippen LogP contribution in [-0.2, 0) is 6.54 Å². The average molecular weight is 317 g/mol. The predicted octanol–water partition coefficient (Wildman–Crippen LogP) is 2.57. The van der Waals surface area contributed by atoms with Gasteiger partial charge in [0.15, 0.2) is 0 Å². The van der Waals surface area contributed by atoms with Crippen molar-refractivity contribution in [3.63, 3.8) is 0 Å². The molecule has 1 aliphatic heterocycles. The fraction of sp³-hybridized carbons (Fsp3) is 0.562. The zero-order valence-corrected chi connectivity index (χ0v) is 14.4. The van der Waals surface area contributed by atoms with Gasteiger partial charge in [0.05, 0.1) is 22.1 Å². The van der Waals surface area contributed by atoms with Crippen molar-refractivity contribution in [1.82, 2.24) is 19.9 Å². The molecule has 0 spiro atoms. The highest BCUT2D eigenvalue weighted by Crippen LogP contribution is 2.18. The molecular weight excluding hydrogens is 294 g/mol. The number of anilines is 1. The summed E-state index contributed by atoms with van der Waals surface area (Å²) in [7, 11) is 0. The van der Waals surface area contributed by atoms with Gasteiger partial charge in [0.1, 0.15) is 5.82 Å². The Labute approximate surface area is 136 Å². The van der Waals surface area contributed by atoms with Crippen LogP contribution >= 0.6 is 11.3 Å². The van der Waals surface area contributed by atoms with E-state index in [4.69, 9.17) is 0 Å². The molecular formula is C16H23N5S. The van der Waals surface area contributed by atoms with Crippen LogP contribution in [0, 0.1) is 20.8 Å². The molecule has 0 unspecified atom stereocenters. The topological polar surface area (TPSA) is 45.2 Å². The van der Waals surface area contributed by atoms with Crippen molar-refractivity contribution in [2.24, 2.45) is 0 Å². The van der Waals surface area contributed by atoms with Gasteiger partial charge in [0.2, 0.25) is 0 Å². The molecule has 3 rings (SSSR count). The van der Waals surface area contributed by atoms with Crippen molar-refractivity contribution in [3.8, 4) is 0 Å². The minimum atomic E-state index is 0.955. The maximum atomic E-state index is 4.68. The molecule has 5 nitrogen and oxygen atoms in total. The first kappa shape index (κ1) is 15.4. The van der Waals surface area contributed by atoms with E-state index in [9.17, 15) is 0 Å². The molecule has 0 aromatic carbocycles. The molecule has 0 radical (unpaired) electrons. The molecule has 0 aliphatic carbocycles. The number of nitrogens with zero attached hydrogens (tertiary/aromatic N) is 5. The Hall–Kier alpha value is -1.53. The minimum absolute atomic E-state index is 0.955. The lowest BCUT2D eigenvalue weighted by Crippen LogP contribution is -2.31. The number of hydrogen-bond donors (Lipinski definition) is 0. The quantitative estimate of drug-likeness (QED) is 0.870. The summed E-state index contributed by atoms with van der Waals surface area (Å²) in [5.74, 6) is 1.05. The van der Waals surface area contributed by atoms with Gasteiger partial charge in [0, 0.05) is 44.3 Å². The predicted molar refractivity (Wildman–Crippen MR) is 90.5 cm³/mol. The minimum Gasteiger partial charge on any atom is -0.354 e. The number of rotatable bonds is 3. The third kappa shape index (κ3) is 3.62. The first-order valence-electron chi connectivity index (χ1n) is 7.80. The first-order chi connectivity index (χ1) is 10.6. The second-order valence-corrected chi connectivity index (χ2v) is 6.96. The largest absolute Gasteiger partial charge is 0.354 e. The highest BCUT2D eigenvalue weighted by Gasteiger charge is 2.18. The van der Waals surface area contributed by atoms with Gasteiger partial charge in [-0.3, -0.25) is 9.88 Å². The zero-order chi connectivity index (χ0) is 15.5. The molecule has 3 heterocycles. The maximum Gasteiger partial charge on any atom is 0.150 e. The van der Waals surface area contributed by atoms with Crippen LogP contribution < -0.4 is 4.90 Å². The summed E-state index contributed by atoms with van der Waals surface area (Å²) in [6.07, 6.45) is 2.99. The average Bonchev–Trinajstić information content (AvgIpc) is 2.76. The Bertz CT molecular complexity index is 639. The summed E-state index contributed by atoms with van der Waals surface area (Å²) >= 11 is 1.73. The Morgan fingerprint density at radius 2 is 1.95 bits per heavy atom. The lowest BCUT2D eigenvalue weighted by atomic mass is 10.3. The molecule has 0 atom stereocenters. The van der Waals surface area contributed by atoms with Crippen molar-refractivity contribution in [2.75, 3.05) is 31.1 Å². The monoisotopic (exact) mass is 317 g/mol. The second-order valence-electron chi connectivity index (χ2n) is 5.90. The Morgan fingerprint density at radius 1 is 1.09 bits per heavy atom. The van der Waals surface area contributed by atoms with E-state index < -0.39 is 0 Å². The molecule has 22 heavy (non-hydrogen) atoms. The molecule has 1 saturated heterocycles. The van der Waals surface area contributed by atoms with Crippen molar-refractivity contribution in [2.45, 2.75) is 33.7 Å². The molecule has 2 aromatic heterocycles. The normalized spacial score (nSPS) is 16.8. The van der Waals surface area contributed by atoms with Crippen molar-refractivity contribution in [1.29, 1.82) is 0 Å². The summed E-state index contributed by atoms with van der Waals surface area (Å²) in [6.45, 7) is 11.3. The van der Waals surface area contributed by atoms with Crippen LogP contribution in [-0.4, -0.2) is 46.0 Å². The fourth-order valence-electron chi connectivity index (χ4n) is 2.88. The van der Waals surface area contributed by atoms with Gasteiger partial charge in [-0.2, -0.15) is 0 Å². The number of hydrogen-bond acceptors (Lipinski definition) is 6. The maximum absolute atomic E-state index is 4.68. The SMILES string of the molecule is Cc1cnc(C)c(N2CCCN(Cc3csc(C)n3)CC2)n1. The van der Waals surface area contributed by atoms with Gasteiger partial charge in [-0.1, -0.05) is 0 Å². The Kier molecular flexibility index (Phi) is 4.69. The van der Waals surface area contributed by atoms with Gasteiger partial charge in [-0.25, -0.2) is 9.97 Å². The summed E-state index contributed by atoms with van der Waals surface area (Å²) in [5.41, 5.74) is 3.20. The van der Waals surface area contributed by atoms with Gasteiger partial charge >= 0.3 is 0 Å². The molecule has 6 heteroatoms. The molecule has 118 valence electrons. The highest BCUT2D eigenvalue weighted by molar-refractivity contribution is 7.09. The van der Waals surface area contributed by atoms with Crippen LogP contribution in [0.5, 0.6) is 0 Å². The molecule has 2 aromatic rings. The van der Waals surface area contributed by atoms with E-state index in [2.05, 4.69) is 37.1 Å². The smallest absolute Gasteiger partial charge is 0.150 e. The van der Waals surface area contributed by atoms with E-state index in [1.807, 2.05) is 20.0 Å². The van der Waals surface area contributed by atoms with Crippen LogP contribution in [0.15, 0.2) is 11.6 Å². The second kappa shape index (κ2) is 6.71. The van der Waals surface area contributed by atoms with Crippen LogP contribution in [0.25, 0.3) is 0 Å². The standard InChI is InChI=1S/C16H23N5S/c1-12-9-17-13(2)16(18-12)21-6-4-5-20(7-8-21)10-15-11-22-14(3)19-15/h9,11H,4-8,10H2,1-3H3. The molecule has 0 amide bonds. The van der Waals surface area contributed by atoms with Crippen molar-refractivity contribution >= 4 is 17.2 Å². The van der Waals surface area contributed by atoms with Gasteiger partial charge in [0.25, 0.3) is 0 Å². The molecule has 1 aliphatic rings. The van der Waals surface area contributed by atoms with Gasteiger partial charge in [-0.15, -0.1) is 11.3 Å². The Morgan fingerprint density at radius 3 is 2.73 bits per heavy atom. The third-order valence-corrected chi connectivity index (χ3v) is 4.81. The summed E-state index contributed by atoms with van der Waals surface area (Å²) in [4.78, 5) is 18.6. The number of thiazole rings is 1. The lowest BCUT2D eigenvalue weighted by molar-refractivity contribution is 0.282. The summed E-state index contributed by atoms with van der Waals surface area (Å²) in [6, 6.07) is 0. The van der Waals surface area contributed by atoms with Crippen LogP contribution in [0.1, 0.15) is 28.5 Å². The molecule has 0 bridgehead atoms. The van der Waals surface area contributed by atoms with Gasteiger partial charge in [-0.05, 0) is 27.2 Å². The lowest BCUT2D eigenvalue weighted by Gasteiger charge is -2.23. The van der Waals surface area contributed by atoms with Crippen LogP contribution in [0.2, 0.25) is 0 Å². The van der Waals surface area contributed by atoms with Crippen molar-refractivity contribution < 1.29 is 0 Å². The molecule has 0 saturated carbocycles. The molecule has 0 N–H and O–H groups in total. The van der Waals surface area contributed by atoms with Crippen LogP contribution in [0.4, 0.5) is 5.82 Å². The molecule has 1 fully saturated rings.